The third-order valence-corrected chi connectivity index (χ3v) is 5.73. The van der Waals surface area contributed by atoms with Crippen molar-refractivity contribution in [1.29, 1.82) is 0 Å². The average Bonchev–Trinajstić information content (AvgIpc) is 2.26. The predicted octanol–water partition coefficient (Wildman–Crippen LogP) is 1.69. The van der Waals surface area contributed by atoms with Gasteiger partial charge in [0, 0.05) is 13.6 Å². The maximum Gasteiger partial charge on any atom is 0.243 e. The zero-order chi connectivity index (χ0) is 14.2. The third kappa shape index (κ3) is 2.99. The fraction of sp³-hybridized carbons (Fsp3) is 0.571. The second-order valence-electron chi connectivity index (χ2n) is 5.55. The monoisotopic (exact) mass is 283 g/mol. The van der Waals surface area contributed by atoms with E-state index in [2.05, 4.69) is 0 Å². The first-order chi connectivity index (χ1) is 8.80. The first-order valence-electron chi connectivity index (χ1n) is 6.52. The van der Waals surface area contributed by atoms with E-state index in [0.717, 1.165) is 11.1 Å². The molecule has 4 nitrogen and oxygen atoms in total. The smallest absolute Gasteiger partial charge is 0.243 e. The van der Waals surface area contributed by atoms with Crippen LogP contribution in [0.5, 0.6) is 0 Å². The molecule has 1 aromatic carbocycles. The molecule has 0 radical (unpaired) electrons. The highest BCUT2D eigenvalue weighted by Crippen LogP contribution is 2.29. The molecular formula is C14H21NO3S. The van der Waals surface area contributed by atoms with Crippen molar-refractivity contribution in [2.45, 2.75) is 37.7 Å². The summed E-state index contributed by atoms with van der Waals surface area (Å²) in [6.07, 6.45) is 1.15. The molecule has 0 spiro atoms. The third-order valence-electron chi connectivity index (χ3n) is 3.74. The number of benzene rings is 1. The van der Waals surface area contributed by atoms with E-state index in [-0.39, 0.29) is 12.0 Å². The molecule has 0 saturated heterocycles. The van der Waals surface area contributed by atoms with Crippen molar-refractivity contribution in [2.75, 3.05) is 13.6 Å². The van der Waals surface area contributed by atoms with Crippen molar-refractivity contribution in [2.24, 2.45) is 5.92 Å². The highest BCUT2D eigenvalue weighted by atomic mass is 32.2. The molecule has 0 bridgehead atoms. The topological polar surface area (TPSA) is 57.6 Å². The molecule has 0 atom stereocenters. The molecule has 0 heterocycles. The Morgan fingerprint density at radius 3 is 2.47 bits per heavy atom. The number of hydrogen-bond acceptors (Lipinski definition) is 3. The zero-order valence-electron chi connectivity index (χ0n) is 11.6. The lowest BCUT2D eigenvalue weighted by atomic mass is 9.82. The van der Waals surface area contributed by atoms with Crippen LogP contribution in [0.1, 0.15) is 24.0 Å². The van der Waals surface area contributed by atoms with Crippen LogP contribution in [0, 0.1) is 19.8 Å². The Bertz CT molecular complexity index is 562. The number of aliphatic hydroxyl groups is 1. The van der Waals surface area contributed by atoms with Crippen LogP contribution >= 0.6 is 0 Å². The summed E-state index contributed by atoms with van der Waals surface area (Å²) in [5.41, 5.74) is 1.83. The zero-order valence-corrected chi connectivity index (χ0v) is 12.4. The summed E-state index contributed by atoms with van der Waals surface area (Å²) >= 11 is 0. The van der Waals surface area contributed by atoms with Gasteiger partial charge in [-0.15, -0.1) is 0 Å². The van der Waals surface area contributed by atoms with E-state index >= 15 is 0 Å². The highest BCUT2D eigenvalue weighted by Gasteiger charge is 2.32. The summed E-state index contributed by atoms with van der Waals surface area (Å²) < 4.78 is 26.4. The van der Waals surface area contributed by atoms with Crippen LogP contribution in [0.4, 0.5) is 0 Å². The summed E-state index contributed by atoms with van der Waals surface area (Å²) in [7, 11) is -1.81. The molecular weight excluding hydrogens is 262 g/mol. The maximum absolute atomic E-state index is 12.5. The van der Waals surface area contributed by atoms with Gasteiger partial charge >= 0.3 is 0 Å². The molecule has 106 valence electrons. The van der Waals surface area contributed by atoms with E-state index in [1.54, 1.807) is 13.1 Å². The van der Waals surface area contributed by atoms with Crippen molar-refractivity contribution in [3.05, 3.63) is 29.3 Å². The highest BCUT2D eigenvalue weighted by molar-refractivity contribution is 7.89. The van der Waals surface area contributed by atoms with Crippen molar-refractivity contribution >= 4 is 10.0 Å². The summed E-state index contributed by atoms with van der Waals surface area (Å²) in [4.78, 5) is 0.375. The number of aryl methyl sites for hydroxylation is 2. The molecule has 1 aliphatic rings. The number of rotatable bonds is 4. The second-order valence-corrected chi connectivity index (χ2v) is 7.56. The van der Waals surface area contributed by atoms with E-state index in [4.69, 9.17) is 0 Å². The number of nitrogens with zero attached hydrogens (tertiary/aromatic N) is 1. The van der Waals surface area contributed by atoms with Crippen molar-refractivity contribution < 1.29 is 13.5 Å². The molecule has 2 rings (SSSR count). The Kier molecular flexibility index (Phi) is 3.99. The Hall–Kier alpha value is -0.910. The van der Waals surface area contributed by atoms with Crippen molar-refractivity contribution in [3.8, 4) is 0 Å². The normalized spacial score (nSPS) is 23.4. The van der Waals surface area contributed by atoms with Gasteiger partial charge < -0.3 is 5.11 Å². The van der Waals surface area contributed by atoms with Crippen LogP contribution < -0.4 is 0 Å². The Morgan fingerprint density at radius 1 is 1.32 bits per heavy atom. The van der Waals surface area contributed by atoms with Gasteiger partial charge in [-0.1, -0.05) is 17.7 Å². The first-order valence-corrected chi connectivity index (χ1v) is 7.96. The molecule has 19 heavy (non-hydrogen) atoms. The van der Waals surface area contributed by atoms with Gasteiger partial charge in [-0.2, -0.15) is 0 Å². The molecule has 1 aliphatic carbocycles. The predicted molar refractivity (Wildman–Crippen MR) is 74.5 cm³/mol. The Balaban J connectivity index is 2.16. The van der Waals surface area contributed by atoms with E-state index in [9.17, 15) is 13.5 Å². The van der Waals surface area contributed by atoms with Crippen LogP contribution in [0.15, 0.2) is 23.1 Å². The van der Waals surface area contributed by atoms with Gasteiger partial charge in [0.05, 0.1) is 11.0 Å². The van der Waals surface area contributed by atoms with E-state index in [1.807, 2.05) is 26.0 Å². The molecule has 0 amide bonds. The van der Waals surface area contributed by atoms with Gasteiger partial charge in [-0.3, -0.25) is 0 Å². The van der Waals surface area contributed by atoms with Gasteiger partial charge in [0.15, 0.2) is 0 Å². The molecule has 0 aromatic heterocycles. The SMILES string of the molecule is Cc1ccc(S(=O)(=O)N(C)CC2CC(O)C2)c(C)c1. The number of hydrogen-bond donors (Lipinski definition) is 1. The van der Waals surface area contributed by atoms with E-state index < -0.39 is 10.0 Å². The molecule has 1 saturated carbocycles. The van der Waals surface area contributed by atoms with Crippen LogP contribution in [0.3, 0.4) is 0 Å². The van der Waals surface area contributed by atoms with Crippen LogP contribution in [-0.4, -0.2) is 37.5 Å². The summed E-state index contributed by atoms with van der Waals surface area (Å²) in [5.74, 6) is 0.278. The second kappa shape index (κ2) is 5.23. The number of aliphatic hydroxyl groups excluding tert-OH is 1. The van der Waals surface area contributed by atoms with Crippen LogP contribution in [-0.2, 0) is 10.0 Å². The minimum absolute atomic E-state index is 0.248. The molecule has 0 unspecified atom stereocenters. The fourth-order valence-corrected chi connectivity index (χ4v) is 4.02. The fourth-order valence-electron chi connectivity index (χ4n) is 2.57. The van der Waals surface area contributed by atoms with Gasteiger partial charge in [0.25, 0.3) is 0 Å². The maximum atomic E-state index is 12.5. The van der Waals surface area contributed by atoms with Crippen LogP contribution in [0.2, 0.25) is 0 Å². The lowest BCUT2D eigenvalue weighted by Crippen LogP contribution is -2.39. The van der Waals surface area contributed by atoms with Gasteiger partial charge in [-0.05, 0) is 44.2 Å². The summed E-state index contributed by atoms with van der Waals surface area (Å²) in [5, 5.41) is 9.26. The van der Waals surface area contributed by atoms with Gasteiger partial charge in [-0.25, -0.2) is 12.7 Å². The summed E-state index contributed by atoms with van der Waals surface area (Å²) in [6, 6.07) is 5.38. The van der Waals surface area contributed by atoms with Gasteiger partial charge in [0.2, 0.25) is 10.0 Å². The van der Waals surface area contributed by atoms with E-state index in [1.165, 1.54) is 4.31 Å². The van der Waals surface area contributed by atoms with Crippen LogP contribution in [0.25, 0.3) is 0 Å². The van der Waals surface area contributed by atoms with Gasteiger partial charge in [0.1, 0.15) is 0 Å². The molecule has 1 fully saturated rings. The largest absolute Gasteiger partial charge is 0.393 e. The van der Waals surface area contributed by atoms with Crippen molar-refractivity contribution in [1.82, 2.24) is 4.31 Å². The average molecular weight is 283 g/mol. The Labute approximate surface area is 115 Å². The van der Waals surface area contributed by atoms with Crippen molar-refractivity contribution in [3.63, 3.8) is 0 Å². The molecule has 1 aromatic rings. The lowest BCUT2D eigenvalue weighted by Gasteiger charge is -2.34. The van der Waals surface area contributed by atoms with E-state index in [0.29, 0.717) is 24.3 Å². The first kappa shape index (κ1) is 14.5. The minimum Gasteiger partial charge on any atom is -0.393 e. The number of sulfonamides is 1. The molecule has 1 N–H and O–H groups in total. The quantitative estimate of drug-likeness (QED) is 0.915. The Morgan fingerprint density at radius 2 is 1.95 bits per heavy atom. The molecule has 0 aliphatic heterocycles. The minimum atomic E-state index is -3.42. The summed E-state index contributed by atoms with van der Waals surface area (Å²) in [6.45, 7) is 4.25. The standard InChI is InChI=1S/C14H21NO3S/c1-10-4-5-14(11(2)6-10)19(17,18)15(3)9-12-7-13(16)8-12/h4-6,12-13,16H,7-9H2,1-3H3. The molecule has 5 heteroatoms. The lowest BCUT2D eigenvalue weighted by molar-refractivity contribution is 0.0367.